The summed E-state index contributed by atoms with van der Waals surface area (Å²) in [6.07, 6.45) is -0.914. The van der Waals surface area contributed by atoms with Gasteiger partial charge in [-0.05, 0) is 27.8 Å². The first-order valence-electron chi connectivity index (χ1n) is 16.2. The van der Waals surface area contributed by atoms with Gasteiger partial charge >= 0.3 is 0 Å². The summed E-state index contributed by atoms with van der Waals surface area (Å²) in [5, 5.41) is 0. The largest absolute Gasteiger partial charge is 0.374 e. The van der Waals surface area contributed by atoms with Crippen LogP contribution in [0.15, 0.2) is 152 Å². The van der Waals surface area contributed by atoms with Crippen LogP contribution in [0.2, 0.25) is 0 Å². The summed E-state index contributed by atoms with van der Waals surface area (Å²) >= 11 is 0. The molecule has 1 aliphatic heterocycles. The number of hydrogen-bond donors (Lipinski definition) is 0. The van der Waals surface area contributed by atoms with Crippen LogP contribution in [0.4, 0.5) is 0 Å². The third-order valence-corrected chi connectivity index (χ3v) is 8.44. The Kier molecular flexibility index (Phi) is 11.8. The second-order valence-corrected chi connectivity index (χ2v) is 11.8. The molecular formula is C41H43NO4. The molecule has 0 unspecified atom stereocenters. The van der Waals surface area contributed by atoms with Crippen molar-refractivity contribution in [2.24, 2.45) is 0 Å². The summed E-state index contributed by atoms with van der Waals surface area (Å²) in [6.45, 7) is 3.88. The predicted octanol–water partition coefficient (Wildman–Crippen LogP) is 7.84. The Hall–Kier alpha value is -4.10. The molecule has 5 aromatic carbocycles. The van der Waals surface area contributed by atoms with Gasteiger partial charge in [0, 0.05) is 13.1 Å². The Labute approximate surface area is 273 Å². The van der Waals surface area contributed by atoms with Gasteiger partial charge in [0.25, 0.3) is 0 Å². The highest BCUT2D eigenvalue weighted by Crippen LogP contribution is 2.30. The highest BCUT2D eigenvalue weighted by atomic mass is 16.6. The Bertz CT molecular complexity index is 1500. The van der Waals surface area contributed by atoms with Gasteiger partial charge in [-0.15, -0.1) is 0 Å². The molecule has 0 saturated carbocycles. The van der Waals surface area contributed by atoms with Crippen molar-refractivity contribution in [3.63, 3.8) is 0 Å². The molecule has 6 rings (SSSR count). The zero-order chi connectivity index (χ0) is 31.2. The van der Waals surface area contributed by atoms with E-state index in [1.807, 2.05) is 42.5 Å². The van der Waals surface area contributed by atoms with Crippen molar-refractivity contribution < 1.29 is 18.9 Å². The molecule has 0 aromatic heterocycles. The highest BCUT2D eigenvalue weighted by Gasteiger charge is 2.44. The molecular weight excluding hydrogens is 570 g/mol. The predicted molar refractivity (Wildman–Crippen MR) is 182 cm³/mol. The monoisotopic (exact) mass is 613 g/mol. The number of hydrogen-bond acceptors (Lipinski definition) is 5. The van der Waals surface area contributed by atoms with Crippen LogP contribution in [0.5, 0.6) is 0 Å². The maximum atomic E-state index is 6.93. The average Bonchev–Trinajstić information content (AvgIpc) is 3.12. The molecule has 5 nitrogen and oxygen atoms in total. The van der Waals surface area contributed by atoms with E-state index in [9.17, 15) is 0 Å². The molecule has 0 bridgehead atoms. The van der Waals surface area contributed by atoms with Crippen LogP contribution in [0.25, 0.3) is 0 Å². The minimum absolute atomic E-state index is 0.0599. The molecule has 0 radical (unpaired) electrons. The first kappa shape index (κ1) is 31.9. The molecule has 1 heterocycles. The first-order chi connectivity index (χ1) is 22.8. The smallest absolute Gasteiger partial charge is 0.114 e. The Morgan fingerprint density at radius 1 is 0.478 bits per heavy atom. The first-order valence-corrected chi connectivity index (χ1v) is 16.2. The van der Waals surface area contributed by atoms with Gasteiger partial charge < -0.3 is 18.9 Å². The lowest BCUT2D eigenvalue weighted by Crippen LogP contribution is -2.61. The molecule has 0 N–H and O–H groups in total. The molecule has 236 valence electrons. The fourth-order valence-electron chi connectivity index (χ4n) is 6.03. The number of ether oxygens (including phenoxy) is 4. The Morgan fingerprint density at radius 3 is 1.33 bits per heavy atom. The molecule has 1 saturated heterocycles. The maximum absolute atomic E-state index is 6.93. The van der Waals surface area contributed by atoms with E-state index in [1.165, 1.54) is 11.1 Å². The maximum Gasteiger partial charge on any atom is 0.114 e. The van der Waals surface area contributed by atoms with Gasteiger partial charge in [0.15, 0.2) is 0 Å². The van der Waals surface area contributed by atoms with Gasteiger partial charge in [-0.25, -0.2) is 0 Å². The van der Waals surface area contributed by atoms with Crippen molar-refractivity contribution >= 4 is 0 Å². The standard InChI is InChI=1S/C41H43NO4/c1-6-16-33(17-7-1)26-42(27-34-18-8-2-9-19-34)38-31-44-39(32-43-28-35-20-10-3-11-21-35)41(46-30-37-24-14-5-15-25-37)40(38)45-29-36-22-12-4-13-23-36/h1-25,38-41H,26-32H2/t38-,39+,40+,41-/m0/s1. The lowest BCUT2D eigenvalue weighted by molar-refractivity contribution is -0.225. The average molecular weight is 614 g/mol. The quantitative estimate of drug-likeness (QED) is 0.120. The zero-order valence-electron chi connectivity index (χ0n) is 26.3. The van der Waals surface area contributed by atoms with Crippen molar-refractivity contribution in [1.82, 2.24) is 4.90 Å². The summed E-state index contributed by atoms with van der Waals surface area (Å²) in [4.78, 5) is 2.49. The lowest BCUT2D eigenvalue weighted by atomic mass is 9.95. The van der Waals surface area contributed by atoms with Crippen LogP contribution in [0.3, 0.4) is 0 Å². The van der Waals surface area contributed by atoms with Gasteiger partial charge in [0.05, 0.1) is 39.1 Å². The minimum atomic E-state index is -0.354. The molecule has 46 heavy (non-hydrogen) atoms. The van der Waals surface area contributed by atoms with Crippen molar-refractivity contribution in [2.45, 2.75) is 57.3 Å². The normalized spacial score (nSPS) is 19.7. The fourth-order valence-corrected chi connectivity index (χ4v) is 6.03. The van der Waals surface area contributed by atoms with E-state index in [0.717, 1.165) is 29.8 Å². The van der Waals surface area contributed by atoms with Crippen LogP contribution < -0.4 is 0 Å². The molecule has 1 fully saturated rings. The highest BCUT2D eigenvalue weighted by molar-refractivity contribution is 5.19. The van der Waals surface area contributed by atoms with Gasteiger partial charge in [0.1, 0.15) is 18.3 Å². The van der Waals surface area contributed by atoms with Crippen LogP contribution in [-0.4, -0.2) is 42.5 Å². The summed E-state index contributed by atoms with van der Waals surface area (Å²) in [5.41, 5.74) is 5.86. The Balaban J connectivity index is 1.30. The molecule has 5 heteroatoms. The van der Waals surface area contributed by atoms with Crippen molar-refractivity contribution in [1.29, 1.82) is 0 Å². The van der Waals surface area contributed by atoms with E-state index in [-0.39, 0.29) is 24.4 Å². The van der Waals surface area contributed by atoms with Gasteiger partial charge in [-0.1, -0.05) is 152 Å². The van der Waals surface area contributed by atoms with Crippen molar-refractivity contribution in [2.75, 3.05) is 13.2 Å². The molecule has 5 aromatic rings. The zero-order valence-corrected chi connectivity index (χ0v) is 26.3. The van der Waals surface area contributed by atoms with E-state index in [2.05, 4.69) is 114 Å². The number of nitrogens with zero attached hydrogens (tertiary/aromatic N) is 1. The third-order valence-electron chi connectivity index (χ3n) is 8.44. The van der Waals surface area contributed by atoms with E-state index in [1.54, 1.807) is 0 Å². The second kappa shape index (κ2) is 17.0. The Morgan fingerprint density at radius 2 is 0.870 bits per heavy atom. The third kappa shape index (κ3) is 9.23. The number of rotatable bonds is 15. The van der Waals surface area contributed by atoms with E-state index in [0.29, 0.717) is 33.0 Å². The van der Waals surface area contributed by atoms with Crippen LogP contribution in [0, 0.1) is 0 Å². The van der Waals surface area contributed by atoms with Gasteiger partial charge in [0.2, 0.25) is 0 Å². The van der Waals surface area contributed by atoms with E-state index >= 15 is 0 Å². The second-order valence-electron chi connectivity index (χ2n) is 11.8. The SMILES string of the molecule is c1ccc(COC[C@H]2OC[C@H](N(Cc3ccccc3)Cc3ccccc3)[C@@H](OCc3ccccc3)[C@H]2OCc2ccccc2)cc1. The minimum Gasteiger partial charge on any atom is -0.374 e. The van der Waals surface area contributed by atoms with E-state index < -0.39 is 0 Å². The molecule has 0 amide bonds. The fraction of sp³-hybridized carbons (Fsp3) is 0.268. The van der Waals surface area contributed by atoms with Crippen LogP contribution in [-0.2, 0) is 51.9 Å². The van der Waals surface area contributed by atoms with Gasteiger partial charge in [-0.3, -0.25) is 4.90 Å². The summed E-state index contributed by atoms with van der Waals surface area (Å²) in [6, 6.07) is 52.1. The molecule has 0 spiro atoms. The number of benzene rings is 5. The molecule has 0 aliphatic carbocycles. The summed E-state index contributed by atoms with van der Waals surface area (Å²) < 4.78 is 26.7. The van der Waals surface area contributed by atoms with E-state index in [4.69, 9.17) is 18.9 Å². The van der Waals surface area contributed by atoms with Crippen molar-refractivity contribution in [3.05, 3.63) is 179 Å². The molecule has 4 atom stereocenters. The molecule has 1 aliphatic rings. The van der Waals surface area contributed by atoms with Crippen LogP contribution >= 0.6 is 0 Å². The van der Waals surface area contributed by atoms with Gasteiger partial charge in [-0.2, -0.15) is 0 Å². The summed E-state index contributed by atoms with van der Waals surface area (Å²) in [5.74, 6) is 0. The topological polar surface area (TPSA) is 40.2 Å². The van der Waals surface area contributed by atoms with Crippen LogP contribution in [0.1, 0.15) is 27.8 Å². The lowest BCUT2D eigenvalue weighted by Gasteiger charge is -2.46. The van der Waals surface area contributed by atoms with Crippen molar-refractivity contribution in [3.8, 4) is 0 Å². The summed E-state index contributed by atoms with van der Waals surface area (Å²) in [7, 11) is 0.